The minimum Gasteiger partial charge on any atom is -0.464 e. The zero-order chi connectivity index (χ0) is 14.6. The first kappa shape index (κ1) is 14.6. The lowest BCUT2D eigenvalue weighted by Gasteiger charge is -2.17. The molecule has 0 atom stereocenters. The van der Waals surface area contributed by atoms with Gasteiger partial charge < -0.3 is 20.5 Å². The van der Waals surface area contributed by atoms with E-state index in [4.69, 9.17) is 10.5 Å². The fourth-order valence-electron chi connectivity index (χ4n) is 2.11. The van der Waals surface area contributed by atoms with Crippen LogP contribution < -0.4 is 11.1 Å². The maximum atomic E-state index is 11.5. The van der Waals surface area contributed by atoms with E-state index in [1.807, 2.05) is 0 Å². The number of anilines is 2. The Morgan fingerprint density at radius 3 is 2.80 bits per heavy atom. The Morgan fingerprint density at radius 1 is 1.45 bits per heavy atom. The first-order chi connectivity index (χ1) is 9.60. The first-order valence-electron chi connectivity index (χ1n) is 6.68. The zero-order valence-corrected chi connectivity index (χ0v) is 11.9. The Balaban J connectivity index is 2.00. The van der Waals surface area contributed by atoms with Gasteiger partial charge in [-0.1, -0.05) is 0 Å². The zero-order valence-electron chi connectivity index (χ0n) is 11.9. The van der Waals surface area contributed by atoms with Crippen LogP contribution in [-0.2, 0) is 9.47 Å². The van der Waals surface area contributed by atoms with E-state index in [-0.39, 0.29) is 11.1 Å². The van der Waals surface area contributed by atoms with Crippen molar-refractivity contribution in [3.63, 3.8) is 0 Å². The van der Waals surface area contributed by atoms with Crippen LogP contribution in [0.15, 0.2) is 12.1 Å². The summed E-state index contributed by atoms with van der Waals surface area (Å²) < 4.78 is 9.78. The number of carbonyl (C=O) groups excluding carboxylic acids is 1. The number of nitrogen functional groups attached to an aromatic ring is 1. The van der Waals surface area contributed by atoms with E-state index in [1.165, 1.54) is 20.0 Å². The third kappa shape index (κ3) is 3.39. The van der Waals surface area contributed by atoms with Gasteiger partial charge in [-0.05, 0) is 36.8 Å². The summed E-state index contributed by atoms with van der Waals surface area (Å²) >= 11 is 0. The molecule has 0 aliphatic heterocycles. The topological polar surface area (TPSA) is 86.5 Å². The van der Waals surface area contributed by atoms with E-state index in [1.54, 1.807) is 19.2 Å². The second-order valence-corrected chi connectivity index (χ2v) is 5.22. The molecule has 0 amide bonds. The van der Waals surface area contributed by atoms with Crippen LogP contribution in [0, 0.1) is 5.41 Å². The minimum atomic E-state index is -0.464. The summed E-state index contributed by atoms with van der Waals surface area (Å²) in [5.74, 6) is 0.0742. The highest BCUT2D eigenvalue weighted by Crippen LogP contribution is 2.48. The normalized spacial score (nSPS) is 15.7. The number of aromatic nitrogens is 1. The molecule has 1 heterocycles. The maximum absolute atomic E-state index is 11.5. The lowest BCUT2D eigenvalue weighted by Crippen LogP contribution is -2.19. The van der Waals surface area contributed by atoms with Crippen molar-refractivity contribution in [2.75, 3.05) is 38.4 Å². The van der Waals surface area contributed by atoms with E-state index in [0.29, 0.717) is 11.5 Å². The van der Waals surface area contributed by atoms with Gasteiger partial charge in [0.25, 0.3) is 0 Å². The van der Waals surface area contributed by atoms with Crippen LogP contribution in [0.2, 0.25) is 0 Å². The van der Waals surface area contributed by atoms with Gasteiger partial charge >= 0.3 is 5.97 Å². The number of ether oxygens (including phenoxy) is 2. The molecule has 0 spiro atoms. The summed E-state index contributed by atoms with van der Waals surface area (Å²) in [5, 5.41) is 3.24. The van der Waals surface area contributed by atoms with Crippen LogP contribution in [0.3, 0.4) is 0 Å². The predicted molar refractivity (Wildman–Crippen MR) is 76.6 cm³/mol. The van der Waals surface area contributed by atoms with Crippen molar-refractivity contribution in [2.24, 2.45) is 5.41 Å². The van der Waals surface area contributed by atoms with Gasteiger partial charge in [0.15, 0.2) is 5.69 Å². The largest absolute Gasteiger partial charge is 0.464 e. The molecule has 0 radical (unpaired) electrons. The van der Waals surface area contributed by atoms with Gasteiger partial charge in [0.2, 0.25) is 0 Å². The molecule has 0 aromatic carbocycles. The maximum Gasteiger partial charge on any atom is 0.356 e. The summed E-state index contributed by atoms with van der Waals surface area (Å²) in [7, 11) is 3.04. The molecule has 1 aromatic rings. The van der Waals surface area contributed by atoms with Crippen LogP contribution in [0.25, 0.3) is 0 Å². The fraction of sp³-hybridized carbons (Fsp3) is 0.571. The summed E-state index contributed by atoms with van der Waals surface area (Å²) in [4.78, 5) is 15.7. The van der Waals surface area contributed by atoms with E-state index < -0.39 is 5.97 Å². The molecule has 1 aliphatic carbocycles. The quantitative estimate of drug-likeness (QED) is 0.738. The lowest BCUT2D eigenvalue weighted by atomic mass is 10.0. The number of rotatable bonds is 7. The summed E-state index contributed by atoms with van der Waals surface area (Å²) in [6, 6.07) is 3.22. The van der Waals surface area contributed by atoms with E-state index >= 15 is 0 Å². The number of nitrogens with two attached hydrogens (primary N) is 1. The Hall–Kier alpha value is -1.82. The molecule has 0 bridgehead atoms. The molecule has 2 rings (SSSR count). The fourth-order valence-corrected chi connectivity index (χ4v) is 2.11. The SMILES string of the molecule is COCCC1(CNc2nc(C(=O)OC)ccc2N)CC1. The Kier molecular flexibility index (Phi) is 4.44. The number of carbonyl (C=O) groups is 1. The molecule has 6 heteroatoms. The molecular formula is C14H21N3O3. The molecular weight excluding hydrogens is 258 g/mol. The second-order valence-electron chi connectivity index (χ2n) is 5.22. The van der Waals surface area contributed by atoms with Crippen molar-refractivity contribution in [3.05, 3.63) is 17.8 Å². The molecule has 20 heavy (non-hydrogen) atoms. The van der Waals surface area contributed by atoms with Crippen molar-refractivity contribution in [1.29, 1.82) is 0 Å². The van der Waals surface area contributed by atoms with E-state index in [9.17, 15) is 4.79 Å². The molecule has 1 aromatic heterocycles. The standard InChI is InChI=1S/C14H21N3O3/c1-19-8-7-14(5-6-14)9-16-12-10(15)3-4-11(17-12)13(18)20-2/h3-4H,5-9,15H2,1-2H3,(H,16,17). The highest BCUT2D eigenvalue weighted by Gasteiger charge is 2.41. The Bertz CT molecular complexity index is 487. The van der Waals surface area contributed by atoms with Gasteiger partial charge in [-0.2, -0.15) is 0 Å². The van der Waals surface area contributed by atoms with Crippen LogP contribution in [0.5, 0.6) is 0 Å². The van der Waals surface area contributed by atoms with Gasteiger partial charge in [-0.3, -0.25) is 0 Å². The van der Waals surface area contributed by atoms with Gasteiger partial charge in [0.1, 0.15) is 5.82 Å². The summed E-state index contributed by atoms with van der Waals surface area (Å²) in [5.41, 5.74) is 6.95. The van der Waals surface area contributed by atoms with Gasteiger partial charge in [-0.25, -0.2) is 9.78 Å². The van der Waals surface area contributed by atoms with Crippen LogP contribution >= 0.6 is 0 Å². The number of hydrogen-bond acceptors (Lipinski definition) is 6. The average molecular weight is 279 g/mol. The number of nitrogens with one attached hydrogen (secondary N) is 1. The molecule has 0 saturated heterocycles. The Morgan fingerprint density at radius 2 is 2.20 bits per heavy atom. The monoisotopic (exact) mass is 279 g/mol. The molecule has 0 unspecified atom stereocenters. The third-order valence-corrected chi connectivity index (χ3v) is 3.75. The van der Waals surface area contributed by atoms with Gasteiger partial charge in [0, 0.05) is 20.3 Å². The molecule has 1 fully saturated rings. The first-order valence-corrected chi connectivity index (χ1v) is 6.68. The molecule has 1 saturated carbocycles. The van der Waals surface area contributed by atoms with E-state index in [2.05, 4.69) is 15.0 Å². The smallest absolute Gasteiger partial charge is 0.356 e. The highest BCUT2D eigenvalue weighted by molar-refractivity contribution is 5.88. The summed E-state index contributed by atoms with van der Waals surface area (Å²) in [6.07, 6.45) is 3.38. The van der Waals surface area contributed by atoms with Crippen LogP contribution in [0.4, 0.5) is 11.5 Å². The lowest BCUT2D eigenvalue weighted by molar-refractivity contribution is 0.0594. The molecule has 6 nitrogen and oxygen atoms in total. The minimum absolute atomic E-state index is 0.255. The third-order valence-electron chi connectivity index (χ3n) is 3.75. The highest BCUT2D eigenvalue weighted by atomic mass is 16.5. The Labute approximate surface area is 118 Å². The molecule has 1 aliphatic rings. The summed E-state index contributed by atoms with van der Waals surface area (Å²) in [6.45, 7) is 1.55. The van der Waals surface area contributed by atoms with Crippen LogP contribution in [-0.4, -0.2) is 38.3 Å². The van der Waals surface area contributed by atoms with Crippen molar-refractivity contribution in [3.8, 4) is 0 Å². The van der Waals surface area contributed by atoms with Crippen molar-refractivity contribution < 1.29 is 14.3 Å². The number of methoxy groups -OCH3 is 2. The molecule has 110 valence electrons. The van der Waals surface area contributed by atoms with E-state index in [0.717, 1.165) is 19.6 Å². The number of hydrogen-bond donors (Lipinski definition) is 2. The average Bonchev–Trinajstić information content (AvgIpc) is 3.24. The number of nitrogens with zero attached hydrogens (tertiary/aromatic N) is 1. The van der Waals surface area contributed by atoms with Crippen molar-refractivity contribution in [2.45, 2.75) is 19.3 Å². The van der Waals surface area contributed by atoms with Crippen LogP contribution in [0.1, 0.15) is 29.8 Å². The van der Waals surface area contributed by atoms with Gasteiger partial charge in [0.05, 0.1) is 12.8 Å². The van der Waals surface area contributed by atoms with Crippen molar-refractivity contribution >= 4 is 17.5 Å². The predicted octanol–water partition coefficient (Wildman–Crippen LogP) is 1.68. The second kappa shape index (κ2) is 6.09. The van der Waals surface area contributed by atoms with Crippen molar-refractivity contribution in [1.82, 2.24) is 4.98 Å². The number of esters is 1. The number of pyridine rings is 1. The van der Waals surface area contributed by atoms with Gasteiger partial charge in [-0.15, -0.1) is 0 Å². The molecule has 3 N–H and O–H groups in total.